The molecule has 0 aromatic carbocycles. The average Bonchev–Trinajstić information content (AvgIpc) is 3.18. The fourth-order valence-electron chi connectivity index (χ4n) is 2.72. The van der Waals surface area contributed by atoms with Gasteiger partial charge in [-0.25, -0.2) is 4.98 Å². The molecular formula is C15H20N4O2. The van der Waals surface area contributed by atoms with Crippen LogP contribution in [0.5, 0.6) is 0 Å². The lowest BCUT2D eigenvalue weighted by molar-refractivity contribution is -0.127. The van der Waals surface area contributed by atoms with Crippen molar-refractivity contribution in [3.8, 4) is 0 Å². The van der Waals surface area contributed by atoms with Gasteiger partial charge in [-0.1, -0.05) is 0 Å². The Labute approximate surface area is 123 Å². The molecule has 2 atom stereocenters. The number of ether oxygens (including phenoxy) is 1. The van der Waals surface area contributed by atoms with Gasteiger partial charge < -0.3 is 19.2 Å². The number of nitrogens with one attached hydrogen (secondary N) is 1. The summed E-state index contributed by atoms with van der Waals surface area (Å²) in [5.74, 6) is 0.710. The second-order valence-corrected chi connectivity index (χ2v) is 5.29. The number of hydrogen-bond donors (Lipinski definition) is 1. The number of carbonyl (C=O) groups is 1. The molecule has 2 aromatic rings. The highest BCUT2D eigenvalue weighted by Gasteiger charge is 2.37. The van der Waals surface area contributed by atoms with E-state index < -0.39 is 0 Å². The minimum absolute atomic E-state index is 0.0488. The summed E-state index contributed by atoms with van der Waals surface area (Å²) >= 11 is 0. The predicted octanol–water partition coefficient (Wildman–Crippen LogP) is 1.12. The van der Waals surface area contributed by atoms with Gasteiger partial charge in [0.25, 0.3) is 0 Å². The largest absolute Gasteiger partial charge is 0.369 e. The third-order valence-corrected chi connectivity index (χ3v) is 3.88. The van der Waals surface area contributed by atoms with E-state index in [2.05, 4.69) is 10.3 Å². The van der Waals surface area contributed by atoms with Crippen LogP contribution in [0.1, 0.15) is 18.3 Å². The summed E-state index contributed by atoms with van der Waals surface area (Å²) in [6.07, 6.45) is 8.09. The van der Waals surface area contributed by atoms with Gasteiger partial charge in [0.2, 0.25) is 5.91 Å². The number of aromatic nitrogens is 3. The lowest BCUT2D eigenvalue weighted by Crippen LogP contribution is -2.34. The number of imidazole rings is 1. The third-order valence-electron chi connectivity index (χ3n) is 3.88. The van der Waals surface area contributed by atoms with Gasteiger partial charge in [-0.2, -0.15) is 0 Å². The van der Waals surface area contributed by atoms with Crippen LogP contribution in [0.25, 0.3) is 0 Å². The first kappa shape index (κ1) is 13.9. The molecule has 3 heterocycles. The maximum absolute atomic E-state index is 12.4. The molecule has 0 aliphatic carbocycles. The Balaban J connectivity index is 1.57. The van der Waals surface area contributed by atoms with Crippen LogP contribution in [-0.2, 0) is 23.1 Å². The second kappa shape index (κ2) is 6.13. The average molecular weight is 288 g/mol. The van der Waals surface area contributed by atoms with Crippen LogP contribution < -0.4 is 5.32 Å². The zero-order chi connectivity index (χ0) is 14.7. The van der Waals surface area contributed by atoms with E-state index in [9.17, 15) is 4.79 Å². The van der Waals surface area contributed by atoms with Crippen LogP contribution in [0, 0.1) is 5.92 Å². The van der Waals surface area contributed by atoms with Crippen LogP contribution in [-0.4, -0.2) is 33.2 Å². The van der Waals surface area contributed by atoms with E-state index >= 15 is 0 Å². The number of aryl methyl sites for hydroxylation is 1. The number of rotatable bonds is 5. The summed E-state index contributed by atoms with van der Waals surface area (Å²) in [5, 5.41) is 3.00. The van der Waals surface area contributed by atoms with Crippen molar-refractivity contribution in [3.63, 3.8) is 0 Å². The number of hydrogen-bond acceptors (Lipinski definition) is 3. The summed E-state index contributed by atoms with van der Waals surface area (Å²) in [7, 11) is 1.92. The maximum atomic E-state index is 12.4. The monoisotopic (exact) mass is 288 g/mol. The van der Waals surface area contributed by atoms with Crippen LogP contribution in [0.15, 0.2) is 36.9 Å². The van der Waals surface area contributed by atoms with E-state index in [0.29, 0.717) is 13.2 Å². The molecule has 1 N–H and O–H groups in total. The third kappa shape index (κ3) is 3.00. The molecule has 0 radical (unpaired) electrons. The van der Waals surface area contributed by atoms with Crippen molar-refractivity contribution in [1.29, 1.82) is 0 Å². The summed E-state index contributed by atoms with van der Waals surface area (Å²) < 4.78 is 9.67. The van der Waals surface area contributed by atoms with Crippen molar-refractivity contribution in [3.05, 3.63) is 42.7 Å². The minimum atomic E-state index is -0.239. The van der Waals surface area contributed by atoms with Crippen molar-refractivity contribution < 1.29 is 9.53 Å². The zero-order valence-corrected chi connectivity index (χ0v) is 12.1. The first-order valence-electron chi connectivity index (χ1n) is 7.23. The van der Waals surface area contributed by atoms with Crippen LogP contribution in [0.4, 0.5) is 0 Å². The van der Waals surface area contributed by atoms with E-state index in [-0.39, 0.29) is 17.9 Å². The molecule has 0 saturated carbocycles. The summed E-state index contributed by atoms with van der Waals surface area (Å²) in [4.78, 5) is 16.7. The van der Waals surface area contributed by atoms with Gasteiger partial charge in [-0.3, -0.25) is 4.79 Å². The highest BCUT2D eigenvalue weighted by atomic mass is 16.5. The van der Waals surface area contributed by atoms with Gasteiger partial charge in [0, 0.05) is 51.5 Å². The predicted molar refractivity (Wildman–Crippen MR) is 77.4 cm³/mol. The topological polar surface area (TPSA) is 61.1 Å². The molecule has 1 aliphatic rings. The lowest BCUT2D eigenvalue weighted by atomic mass is 10.00. The first-order chi connectivity index (χ1) is 10.3. The van der Waals surface area contributed by atoms with Crippen molar-refractivity contribution in [2.45, 2.75) is 19.1 Å². The standard InChI is InChI=1S/C15H20N4O2/c1-18-9-5-16-14(18)13-12(4-11-21-13)15(20)17-6-10-19-7-2-3-8-19/h2-3,5,7-9,12-13H,4,6,10-11H2,1H3,(H,17,20)/t12-,13-/m1/s1. The molecule has 6 nitrogen and oxygen atoms in total. The molecular weight excluding hydrogens is 268 g/mol. The molecule has 1 amide bonds. The molecule has 1 aliphatic heterocycles. The van der Waals surface area contributed by atoms with E-state index in [1.54, 1.807) is 6.20 Å². The molecule has 0 unspecified atom stereocenters. The smallest absolute Gasteiger partial charge is 0.226 e. The highest BCUT2D eigenvalue weighted by molar-refractivity contribution is 5.79. The van der Waals surface area contributed by atoms with Crippen molar-refractivity contribution >= 4 is 5.91 Å². The van der Waals surface area contributed by atoms with Crippen LogP contribution >= 0.6 is 0 Å². The quantitative estimate of drug-likeness (QED) is 0.896. The number of nitrogens with zero attached hydrogens (tertiary/aromatic N) is 3. The van der Waals surface area contributed by atoms with Gasteiger partial charge in [0.15, 0.2) is 0 Å². The normalized spacial score (nSPS) is 21.6. The molecule has 6 heteroatoms. The fraction of sp³-hybridized carbons (Fsp3) is 0.467. The zero-order valence-electron chi connectivity index (χ0n) is 12.1. The van der Waals surface area contributed by atoms with Crippen LogP contribution in [0.2, 0.25) is 0 Å². The van der Waals surface area contributed by atoms with E-state index in [1.807, 2.05) is 46.9 Å². The maximum Gasteiger partial charge on any atom is 0.226 e. The van der Waals surface area contributed by atoms with Gasteiger partial charge in [0.1, 0.15) is 11.9 Å². The Hall–Kier alpha value is -2.08. The van der Waals surface area contributed by atoms with E-state index in [0.717, 1.165) is 18.8 Å². The molecule has 1 fully saturated rings. The Morgan fingerprint density at radius 1 is 1.43 bits per heavy atom. The Kier molecular flexibility index (Phi) is 4.06. The van der Waals surface area contributed by atoms with Gasteiger partial charge in [-0.15, -0.1) is 0 Å². The Morgan fingerprint density at radius 3 is 2.95 bits per heavy atom. The molecule has 1 saturated heterocycles. The summed E-state index contributed by atoms with van der Waals surface area (Å²) in [6.45, 7) is 2.00. The van der Waals surface area contributed by atoms with Crippen molar-refractivity contribution in [1.82, 2.24) is 19.4 Å². The molecule has 0 bridgehead atoms. The van der Waals surface area contributed by atoms with Crippen LogP contribution in [0.3, 0.4) is 0 Å². The molecule has 2 aromatic heterocycles. The number of carbonyl (C=O) groups excluding carboxylic acids is 1. The molecule has 21 heavy (non-hydrogen) atoms. The minimum Gasteiger partial charge on any atom is -0.369 e. The van der Waals surface area contributed by atoms with Crippen molar-refractivity contribution in [2.75, 3.05) is 13.2 Å². The Bertz CT molecular complexity index is 591. The van der Waals surface area contributed by atoms with Gasteiger partial charge in [0.05, 0.1) is 5.92 Å². The SMILES string of the molecule is Cn1ccnc1[C@@H]1OCC[C@H]1C(=O)NCCn1cccc1. The highest BCUT2D eigenvalue weighted by Crippen LogP contribution is 2.33. The lowest BCUT2D eigenvalue weighted by Gasteiger charge is -2.18. The summed E-state index contributed by atoms with van der Waals surface area (Å²) in [5.41, 5.74) is 0. The summed E-state index contributed by atoms with van der Waals surface area (Å²) in [6, 6.07) is 3.95. The van der Waals surface area contributed by atoms with E-state index in [4.69, 9.17) is 4.74 Å². The first-order valence-corrected chi connectivity index (χ1v) is 7.23. The Morgan fingerprint density at radius 2 is 2.24 bits per heavy atom. The van der Waals surface area contributed by atoms with Crippen molar-refractivity contribution in [2.24, 2.45) is 13.0 Å². The van der Waals surface area contributed by atoms with Gasteiger partial charge >= 0.3 is 0 Å². The second-order valence-electron chi connectivity index (χ2n) is 5.29. The molecule has 0 spiro atoms. The molecule has 3 rings (SSSR count). The van der Waals surface area contributed by atoms with E-state index in [1.165, 1.54) is 0 Å². The van der Waals surface area contributed by atoms with Gasteiger partial charge in [-0.05, 0) is 18.6 Å². The molecule has 112 valence electrons. The number of amides is 1. The fourth-order valence-corrected chi connectivity index (χ4v) is 2.72.